The Labute approximate surface area is 111 Å². The number of primary amides is 1. The van der Waals surface area contributed by atoms with Crippen LogP contribution in [0.4, 0.5) is 0 Å². The molecule has 0 fully saturated rings. The number of thioether (sulfide) groups is 1. The standard InChI is InChI=1S/C13H18N2O2S/c1-13(2,8-18-3)15-12(17)10-7-5-4-6-9(10)11(14)16/h4-7H,8H2,1-3H3,(H2,14,16)(H,15,17). The number of hydrogen-bond donors (Lipinski definition) is 2. The third kappa shape index (κ3) is 3.77. The predicted octanol–water partition coefficient (Wildman–Crippen LogP) is 1.66. The fourth-order valence-corrected chi connectivity index (χ4v) is 2.46. The van der Waals surface area contributed by atoms with Gasteiger partial charge in [0.15, 0.2) is 0 Å². The monoisotopic (exact) mass is 266 g/mol. The Hall–Kier alpha value is -1.49. The molecule has 0 aliphatic heterocycles. The molecule has 18 heavy (non-hydrogen) atoms. The van der Waals surface area contributed by atoms with Crippen LogP contribution in [0.2, 0.25) is 0 Å². The van der Waals surface area contributed by atoms with Crippen LogP contribution in [0.3, 0.4) is 0 Å². The highest BCUT2D eigenvalue weighted by molar-refractivity contribution is 7.98. The van der Waals surface area contributed by atoms with Crippen molar-refractivity contribution in [2.45, 2.75) is 19.4 Å². The molecule has 1 aromatic rings. The molecule has 1 aromatic carbocycles. The van der Waals surface area contributed by atoms with Crippen LogP contribution in [0.1, 0.15) is 34.6 Å². The van der Waals surface area contributed by atoms with E-state index in [4.69, 9.17) is 5.73 Å². The van der Waals surface area contributed by atoms with E-state index < -0.39 is 5.91 Å². The van der Waals surface area contributed by atoms with Crippen molar-refractivity contribution in [3.8, 4) is 0 Å². The molecular weight excluding hydrogens is 248 g/mol. The molecule has 0 aliphatic carbocycles. The number of benzene rings is 1. The summed E-state index contributed by atoms with van der Waals surface area (Å²) in [5, 5.41) is 2.90. The summed E-state index contributed by atoms with van der Waals surface area (Å²) in [7, 11) is 0. The van der Waals surface area contributed by atoms with Gasteiger partial charge in [0, 0.05) is 11.3 Å². The summed E-state index contributed by atoms with van der Waals surface area (Å²) in [4.78, 5) is 23.4. The van der Waals surface area contributed by atoms with E-state index in [1.54, 1.807) is 36.0 Å². The molecule has 98 valence electrons. The summed E-state index contributed by atoms with van der Waals surface area (Å²) in [6, 6.07) is 6.55. The smallest absolute Gasteiger partial charge is 0.252 e. The van der Waals surface area contributed by atoms with Crippen LogP contribution in [0, 0.1) is 0 Å². The molecule has 0 saturated heterocycles. The lowest BCUT2D eigenvalue weighted by atomic mass is 10.0. The average molecular weight is 266 g/mol. The Bertz CT molecular complexity index is 458. The van der Waals surface area contributed by atoms with Gasteiger partial charge in [0.2, 0.25) is 5.91 Å². The van der Waals surface area contributed by atoms with E-state index >= 15 is 0 Å². The van der Waals surface area contributed by atoms with Gasteiger partial charge in [-0.1, -0.05) is 12.1 Å². The van der Waals surface area contributed by atoms with E-state index in [-0.39, 0.29) is 17.0 Å². The maximum absolute atomic E-state index is 12.1. The molecule has 0 spiro atoms. The zero-order valence-electron chi connectivity index (χ0n) is 10.8. The highest BCUT2D eigenvalue weighted by atomic mass is 32.2. The quantitative estimate of drug-likeness (QED) is 0.851. The van der Waals surface area contributed by atoms with Gasteiger partial charge in [0.25, 0.3) is 5.91 Å². The summed E-state index contributed by atoms with van der Waals surface area (Å²) >= 11 is 1.65. The lowest BCUT2D eigenvalue weighted by molar-refractivity contribution is 0.0908. The first-order valence-electron chi connectivity index (χ1n) is 5.57. The van der Waals surface area contributed by atoms with Crippen molar-refractivity contribution in [3.05, 3.63) is 35.4 Å². The van der Waals surface area contributed by atoms with Crippen molar-refractivity contribution in [1.29, 1.82) is 0 Å². The van der Waals surface area contributed by atoms with Gasteiger partial charge in [-0.3, -0.25) is 9.59 Å². The van der Waals surface area contributed by atoms with Gasteiger partial charge in [-0.15, -0.1) is 0 Å². The molecule has 0 radical (unpaired) electrons. The van der Waals surface area contributed by atoms with Gasteiger partial charge in [0.1, 0.15) is 0 Å². The van der Waals surface area contributed by atoms with Gasteiger partial charge in [-0.2, -0.15) is 11.8 Å². The van der Waals surface area contributed by atoms with Crippen LogP contribution in [0.5, 0.6) is 0 Å². The van der Waals surface area contributed by atoms with E-state index in [0.717, 1.165) is 5.75 Å². The minimum absolute atomic E-state index is 0.245. The first kappa shape index (κ1) is 14.6. The molecule has 0 aromatic heterocycles. The Morgan fingerprint density at radius 3 is 2.33 bits per heavy atom. The number of carbonyl (C=O) groups excluding carboxylic acids is 2. The first-order valence-corrected chi connectivity index (χ1v) is 6.97. The molecule has 0 saturated carbocycles. The Kier molecular flexibility index (Phi) is 4.78. The summed E-state index contributed by atoms with van der Waals surface area (Å²) in [6.45, 7) is 3.88. The van der Waals surface area contributed by atoms with Crippen LogP contribution in [0.15, 0.2) is 24.3 Å². The zero-order valence-corrected chi connectivity index (χ0v) is 11.6. The lowest BCUT2D eigenvalue weighted by Gasteiger charge is -2.25. The number of carbonyl (C=O) groups is 2. The van der Waals surface area contributed by atoms with Crippen molar-refractivity contribution in [2.24, 2.45) is 5.73 Å². The van der Waals surface area contributed by atoms with E-state index in [1.807, 2.05) is 20.1 Å². The summed E-state index contributed by atoms with van der Waals surface area (Å²) < 4.78 is 0. The molecular formula is C13H18N2O2S. The zero-order chi connectivity index (χ0) is 13.8. The molecule has 0 unspecified atom stereocenters. The molecule has 0 bridgehead atoms. The maximum Gasteiger partial charge on any atom is 0.252 e. The van der Waals surface area contributed by atoms with Gasteiger partial charge < -0.3 is 11.1 Å². The first-order chi connectivity index (χ1) is 8.37. The summed E-state index contributed by atoms with van der Waals surface area (Å²) in [5.74, 6) is -0.0795. The van der Waals surface area contributed by atoms with Crippen molar-refractivity contribution in [2.75, 3.05) is 12.0 Å². The highest BCUT2D eigenvalue weighted by Crippen LogP contribution is 2.13. The minimum Gasteiger partial charge on any atom is -0.366 e. The lowest BCUT2D eigenvalue weighted by Crippen LogP contribution is -2.45. The summed E-state index contributed by atoms with van der Waals surface area (Å²) in [5.41, 5.74) is 5.48. The third-order valence-electron chi connectivity index (χ3n) is 2.39. The Morgan fingerprint density at radius 2 is 1.83 bits per heavy atom. The number of nitrogens with one attached hydrogen (secondary N) is 1. The van der Waals surface area contributed by atoms with Gasteiger partial charge in [-0.05, 0) is 32.2 Å². The number of amides is 2. The van der Waals surface area contributed by atoms with E-state index in [2.05, 4.69) is 5.32 Å². The van der Waals surface area contributed by atoms with Crippen LogP contribution < -0.4 is 11.1 Å². The minimum atomic E-state index is -0.594. The van der Waals surface area contributed by atoms with E-state index in [0.29, 0.717) is 5.56 Å². The molecule has 0 atom stereocenters. The van der Waals surface area contributed by atoms with Gasteiger partial charge >= 0.3 is 0 Å². The van der Waals surface area contributed by atoms with Crippen LogP contribution in [-0.4, -0.2) is 29.4 Å². The topological polar surface area (TPSA) is 72.2 Å². The van der Waals surface area contributed by atoms with Crippen molar-refractivity contribution in [1.82, 2.24) is 5.32 Å². The predicted molar refractivity (Wildman–Crippen MR) is 74.9 cm³/mol. The van der Waals surface area contributed by atoms with Crippen molar-refractivity contribution < 1.29 is 9.59 Å². The molecule has 3 N–H and O–H groups in total. The second-order valence-electron chi connectivity index (χ2n) is 4.68. The fraction of sp³-hybridized carbons (Fsp3) is 0.385. The number of rotatable bonds is 5. The molecule has 0 aliphatic rings. The van der Waals surface area contributed by atoms with Crippen LogP contribution in [0.25, 0.3) is 0 Å². The largest absolute Gasteiger partial charge is 0.366 e. The van der Waals surface area contributed by atoms with Crippen LogP contribution in [-0.2, 0) is 0 Å². The van der Waals surface area contributed by atoms with Crippen LogP contribution >= 0.6 is 11.8 Å². The normalized spacial score (nSPS) is 11.1. The molecule has 5 heteroatoms. The third-order valence-corrected chi connectivity index (χ3v) is 3.40. The molecule has 0 heterocycles. The van der Waals surface area contributed by atoms with E-state index in [1.165, 1.54) is 0 Å². The molecule has 2 amide bonds. The Morgan fingerprint density at radius 1 is 1.28 bits per heavy atom. The average Bonchev–Trinajstić information content (AvgIpc) is 2.28. The van der Waals surface area contributed by atoms with Crippen molar-refractivity contribution in [3.63, 3.8) is 0 Å². The Balaban J connectivity index is 2.95. The number of nitrogens with two attached hydrogens (primary N) is 1. The SMILES string of the molecule is CSCC(C)(C)NC(=O)c1ccccc1C(N)=O. The molecule has 4 nitrogen and oxygen atoms in total. The second kappa shape index (κ2) is 5.91. The number of hydrogen-bond acceptors (Lipinski definition) is 3. The van der Waals surface area contributed by atoms with Gasteiger partial charge in [0.05, 0.1) is 11.1 Å². The second-order valence-corrected chi connectivity index (χ2v) is 5.55. The maximum atomic E-state index is 12.1. The highest BCUT2D eigenvalue weighted by Gasteiger charge is 2.22. The summed E-state index contributed by atoms with van der Waals surface area (Å²) in [6.07, 6.45) is 1.98. The fourth-order valence-electron chi connectivity index (χ4n) is 1.67. The van der Waals surface area contributed by atoms with Crippen molar-refractivity contribution >= 4 is 23.6 Å². The van der Waals surface area contributed by atoms with Gasteiger partial charge in [-0.25, -0.2) is 0 Å². The molecule has 1 rings (SSSR count). The van der Waals surface area contributed by atoms with E-state index in [9.17, 15) is 9.59 Å².